The van der Waals surface area contributed by atoms with Crippen LogP contribution < -0.4 is 11.1 Å². The van der Waals surface area contributed by atoms with Gasteiger partial charge in [-0.05, 0) is 48.2 Å². The molecule has 2 atom stereocenters. The van der Waals surface area contributed by atoms with Crippen LogP contribution in [0.5, 0.6) is 0 Å². The molecule has 2 unspecified atom stereocenters. The van der Waals surface area contributed by atoms with E-state index in [2.05, 4.69) is 35.6 Å². The first-order valence-corrected chi connectivity index (χ1v) is 8.86. The number of nitrogens with one attached hydrogen (secondary N) is 1. The average molecular weight is 314 g/mol. The number of fused-ring (bicyclic) bond motifs is 1. The van der Waals surface area contributed by atoms with Crippen molar-refractivity contribution in [3.8, 4) is 0 Å². The Morgan fingerprint density at radius 2 is 2.00 bits per heavy atom. The number of thioether (sulfide) groups is 1. The van der Waals surface area contributed by atoms with Crippen LogP contribution in [0.3, 0.4) is 0 Å². The molecule has 3 nitrogen and oxygen atoms in total. The molecule has 2 aromatic rings. The molecule has 116 valence electrons. The molecule has 4 heteroatoms. The molecule has 1 saturated carbocycles. The van der Waals surface area contributed by atoms with Gasteiger partial charge in [0.1, 0.15) is 0 Å². The van der Waals surface area contributed by atoms with E-state index in [0.717, 1.165) is 17.7 Å². The van der Waals surface area contributed by atoms with Crippen molar-refractivity contribution in [2.45, 2.75) is 30.2 Å². The number of rotatable bonds is 5. The number of carbonyl (C=O) groups is 1. The van der Waals surface area contributed by atoms with Crippen LogP contribution in [0.4, 0.5) is 0 Å². The number of amides is 1. The lowest BCUT2D eigenvalue weighted by Crippen LogP contribution is -2.40. The van der Waals surface area contributed by atoms with Gasteiger partial charge >= 0.3 is 0 Å². The Morgan fingerprint density at radius 1 is 1.18 bits per heavy atom. The van der Waals surface area contributed by atoms with Crippen LogP contribution in [0.1, 0.15) is 19.3 Å². The first-order valence-electron chi connectivity index (χ1n) is 7.87. The summed E-state index contributed by atoms with van der Waals surface area (Å²) in [4.78, 5) is 13.3. The lowest BCUT2D eigenvalue weighted by molar-refractivity contribution is -0.119. The van der Waals surface area contributed by atoms with E-state index in [1.54, 1.807) is 11.8 Å². The predicted molar refractivity (Wildman–Crippen MR) is 93.0 cm³/mol. The number of carbonyl (C=O) groups excluding carboxylic acids is 1. The third-order valence-corrected chi connectivity index (χ3v) is 5.39. The molecule has 1 amide bonds. The Labute approximate surface area is 135 Å². The van der Waals surface area contributed by atoms with E-state index in [0.29, 0.717) is 18.2 Å². The molecule has 0 aliphatic heterocycles. The highest BCUT2D eigenvalue weighted by molar-refractivity contribution is 8.00. The maximum atomic E-state index is 12.1. The Balaban J connectivity index is 1.55. The van der Waals surface area contributed by atoms with Gasteiger partial charge in [-0.25, -0.2) is 0 Å². The van der Waals surface area contributed by atoms with Crippen LogP contribution in [-0.2, 0) is 4.79 Å². The lowest BCUT2D eigenvalue weighted by Gasteiger charge is -2.19. The molecular formula is C18H22N2OS. The van der Waals surface area contributed by atoms with E-state index in [4.69, 9.17) is 5.73 Å². The van der Waals surface area contributed by atoms with Gasteiger partial charge in [-0.15, -0.1) is 11.8 Å². The fourth-order valence-corrected chi connectivity index (χ4v) is 3.92. The van der Waals surface area contributed by atoms with E-state index < -0.39 is 0 Å². The second-order valence-corrected chi connectivity index (χ2v) is 6.95. The van der Waals surface area contributed by atoms with Gasteiger partial charge in [0.05, 0.1) is 5.75 Å². The quantitative estimate of drug-likeness (QED) is 0.834. The highest BCUT2D eigenvalue weighted by Crippen LogP contribution is 2.26. The van der Waals surface area contributed by atoms with Gasteiger partial charge in [0.25, 0.3) is 0 Å². The van der Waals surface area contributed by atoms with Gasteiger partial charge in [0.2, 0.25) is 5.91 Å². The Kier molecular flexibility index (Phi) is 5.01. The van der Waals surface area contributed by atoms with Crippen molar-refractivity contribution in [2.75, 3.05) is 12.3 Å². The van der Waals surface area contributed by atoms with Crippen LogP contribution in [0.2, 0.25) is 0 Å². The highest BCUT2D eigenvalue weighted by atomic mass is 32.2. The van der Waals surface area contributed by atoms with Crippen LogP contribution in [-0.4, -0.2) is 24.2 Å². The first kappa shape index (κ1) is 15.4. The Bertz CT molecular complexity index is 658. The maximum Gasteiger partial charge on any atom is 0.230 e. The van der Waals surface area contributed by atoms with Crippen molar-refractivity contribution < 1.29 is 4.79 Å². The highest BCUT2D eigenvalue weighted by Gasteiger charge is 2.27. The summed E-state index contributed by atoms with van der Waals surface area (Å²) in [7, 11) is 0. The minimum absolute atomic E-state index is 0.114. The normalized spacial score (nSPS) is 21.1. The molecule has 3 rings (SSSR count). The molecule has 0 bridgehead atoms. The van der Waals surface area contributed by atoms with Crippen LogP contribution in [0.15, 0.2) is 47.4 Å². The third kappa shape index (κ3) is 3.62. The summed E-state index contributed by atoms with van der Waals surface area (Å²) in [6.45, 7) is 0.669. The zero-order valence-electron chi connectivity index (χ0n) is 12.6. The van der Waals surface area contributed by atoms with Gasteiger partial charge in [0, 0.05) is 10.9 Å². The number of hydrogen-bond acceptors (Lipinski definition) is 3. The van der Waals surface area contributed by atoms with E-state index in [9.17, 15) is 4.79 Å². The molecule has 3 N–H and O–H groups in total. The van der Waals surface area contributed by atoms with Gasteiger partial charge in [-0.2, -0.15) is 0 Å². The maximum absolute atomic E-state index is 12.1. The standard InChI is InChI=1S/C18H22N2OS/c19-11-15-6-3-7-17(15)20-18(21)12-22-16-9-8-13-4-1-2-5-14(13)10-16/h1-2,4-5,8-10,15,17H,3,6-7,11-12,19H2,(H,20,21). The summed E-state index contributed by atoms with van der Waals surface area (Å²) < 4.78 is 0. The van der Waals surface area contributed by atoms with Crippen molar-refractivity contribution in [1.82, 2.24) is 5.32 Å². The van der Waals surface area contributed by atoms with Crippen molar-refractivity contribution in [1.29, 1.82) is 0 Å². The average Bonchev–Trinajstić information content (AvgIpc) is 3.00. The molecule has 0 radical (unpaired) electrons. The second-order valence-electron chi connectivity index (χ2n) is 5.90. The summed E-state index contributed by atoms with van der Waals surface area (Å²) in [5.41, 5.74) is 5.76. The van der Waals surface area contributed by atoms with Crippen molar-refractivity contribution in [3.63, 3.8) is 0 Å². The Hall–Kier alpha value is -1.52. The van der Waals surface area contributed by atoms with Gasteiger partial charge in [-0.1, -0.05) is 36.8 Å². The number of hydrogen-bond donors (Lipinski definition) is 2. The molecule has 1 fully saturated rings. The van der Waals surface area contributed by atoms with Crippen LogP contribution in [0.25, 0.3) is 10.8 Å². The molecule has 0 spiro atoms. The topological polar surface area (TPSA) is 55.1 Å². The fraction of sp³-hybridized carbons (Fsp3) is 0.389. The number of benzene rings is 2. The monoisotopic (exact) mass is 314 g/mol. The summed E-state index contributed by atoms with van der Waals surface area (Å²) in [5.74, 6) is 1.03. The lowest BCUT2D eigenvalue weighted by atomic mass is 10.0. The zero-order valence-corrected chi connectivity index (χ0v) is 13.4. The second kappa shape index (κ2) is 7.16. The van der Waals surface area contributed by atoms with E-state index in [1.807, 2.05) is 12.1 Å². The van der Waals surface area contributed by atoms with Gasteiger partial charge in [-0.3, -0.25) is 4.79 Å². The molecule has 1 aliphatic carbocycles. The predicted octanol–water partition coefficient (Wildman–Crippen LogP) is 3.18. The molecular weight excluding hydrogens is 292 g/mol. The molecule has 0 aromatic heterocycles. The van der Waals surface area contributed by atoms with Crippen molar-refractivity contribution in [2.24, 2.45) is 11.7 Å². The van der Waals surface area contributed by atoms with Crippen LogP contribution in [0, 0.1) is 5.92 Å². The zero-order chi connectivity index (χ0) is 15.4. The van der Waals surface area contributed by atoms with Gasteiger partial charge < -0.3 is 11.1 Å². The largest absolute Gasteiger partial charge is 0.352 e. The van der Waals surface area contributed by atoms with E-state index in [-0.39, 0.29) is 11.9 Å². The minimum atomic E-state index is 0.114. The molecule has 22 heavy (non-hydrogen) atoms. The summed E-state index contributed by atoms with van der Waals surface area (Å²) in [6, 6.07) is 14.9. The van der Waals surface area contributed by atoms with Gasteiger partial charge in [0.15, 0.2) is 0 Å². The Morgan fingerprint density at radius 3 is 2.82 bits per heavy atom. The van der Waals surface area contributed by atoms with Crippen molar-refractivity contribution >= 4 is 28.4 Å². The summed E-state index contributed by atoms with van der Waals surface area (Å²) in [5, 5.41) is 5.59. The minimum Gasteiger partial charge on any atom is -0.352 e. The van der Waals surface area contributed by atoms with Crippen molar-refractivity contribution in [3.05, 3.63) is 42.5 Å². The first-order chi connectivity index (χ1) is 10.8. The molecule has 2 aromatic carbocycles. The molecule has 0 heterocycles. The smallest absolute Gasteiger partial charge is 0.230 e. The molecule has 1 aliphatic rings. The van der Waals surface area contributed by atoms with Crippen LogP contribution >= 0.6 is 11.8 Å². The summed E-state index contributed by atoms with van der Waals surface area (Å²) >= 11 is 1.59. The SMILES string of the molecule is NCC1CCCC1NC(=O)CSc1ccc2ccccc2c1. The summed E-state index contributed by atoms with van der Waals surface area (Å²) in [6.07, 6.45) is 3.37. The van der Waals surface area contributed by atoms with E-state index >= 15 is 0 Å². The number of nitrogens with two attached hydrogens (primary N) is 1. The molecule has 0 saturated heterocycles. The van der Waals surface area contributed by atoms with E-state index in [1.165, 1.54) is 17.2 Å². The fourth-order valence-electron chi connectivity index (χ4n) is 3.16. The third-order valence-electron chi connectivity index (χ3n) is 4.40.